The van der Waals surface area contributed by atoms with Crippen LogP contribution in [0, 0.1) is 11.6 Å². The number of amides is 3. The van der Waals surface area contributed by atoms with Crippen LogP contribution in [0.15, 0.2) is 66.0 Å². The summed E-state index contributed by atoms with van der Waals surface area (Å²) in [5, 5.41) is 13.8. The molecule has 1 saturated heterocycles. The fraction of sp³-hybridized carbons (Fsp3) is 0.231. The summed E-state index contributed by atoms with van der Waals surface area (Å²) < 4.78 is 26.8. The minimum absolute atomic E-state index is 0.0243. The van der Waals surface area contributed by atoms with E-state index in [0.29, 0.717) is 5.56 Å². The molecule has 0 saturated carbocycles. The molecule has 1 aliphatic rings. The van der Waals surface area contributed by atoms with Gasteiger partial charge in [0.05, 0.1) is 18.9 Å². The van der Waals surface area contributed by atoms with Gasteiger partial charge in [-0.3, -0.25) is 19.2 Å². The molecule has 1 aliphatic heterocycles. The van der Waals surface area contributed by atoms with Crippen molar-refractivity contribution >= 4 is 35.0 Å². The number of hydrogen-bond donors (Lipinski definition) is 2. The smallest absolute Gasteiger partial charge is 0.305 e. The Morgan fingerprint density at radius 1 is 0.946 bits per heavy atom. The van der Waals surface area contributed by atoms with Gasteiger partial charge >= 0.3 is 5.97 Å². The van der Waals surface area contributed by atoms with E-state index in [1.54, 1.807) is 12.1 Å². The number of benzene rings is 2. The van der Waals surface area contributed by atoms with Gasteiger partial charge in [-0.2, -0.15) is 0 Å². The van der Waals surface area contributed by atoms with E-state index in [0.717, 1.165) is 29.1 Å². The van der Waals surface area contributed by atoms with Gasteiger partial charge in [0.1, 0.15) is 11.6 Å². The van der Waals surface area contributed by atoms with E-state index in [9.17, 15) is 33.1 Å². The normalized spacial score (nSPS) is 15.9. The topological polar surface area (TPSA) is 107 Å². The van der Waals surface area contributed by atoms with Crippen LogP contribution in [0.5, 0.6) is 0 Å². The number of carboxylic acid groups (broad SMARTS) is 1. The zero-order valence-corrected chi connectivity index (χ0v) is 20.3. The molecule has 8 nitrogen and oxygen atoms in total. The van der Waals surface area contributed by atoms with Gasteiger partial charge < -0.3 is 20.2 Å². The van der Waals surface area contributed by atoms with E-state index < -0.39 is 48.0 Å². The number of nitrogens with zero attached hydrogens (tertiary/aromatic N) is 2. The molecule has 3 amide bonds. The Labute approximate surface area is 215 Å². The summed E-state index contributed by atoms with van der Waals surface area (Å²) >= 11 is 1.38. The van der Waals surface area contributed by atoms with Crippen molar-refractivity contribution in [2.75, 3.05) is 13.1 Å². The van der Waals surface area contributed by atoms with Crippen LogP contribution < -0.4 is 5.32 Å². The van der Waals surface area contributed by atoms with E-state index in [4.69, 9.17) is 0 Å². The minimum Gasteiger partial charge on any atom is -0.481 e. The lowest BCUT2D eigenvalue weighted by molar-refractivity contribution is -0.142. The van der Waals surface area contributed by atoms with Crippen molar-refractivity contribution < 1.29 is 33.1 Å². The van der Waals surface area contributed by atoms with Crippen LogP contribution in [-0.2, 0) is 20.8 Å². The summed E-state index contributed by atoms with van der Waals surface area (Å²) in [5.74, 6) is -3.98. The maximum atomic E-state index is 13.6. The summed E-state index contributed by atoms with van der Waals surface area (Å²) in [4.78, 5) is 54.8. The quantitative estimate of drug-likeness (QED) is 0.468. The van der Waals surface area contributed by atoms with Gasteiger partial charge in [0.2, 0.25) is 5.91 Å². The molecular weight excluding hydrogens is 504 g/mol. The highest BCUT2D eigenvalue weighted by Crippen LogP contribution is 2.24. The first-order valence-electron chi connectivity index (χ1n) is 11.4. The first-order chi connectivity index (χ1) is 17.7. The molecule has 3 aromatic rings. The van der Waals surface area contributed by atoms with Crippen LogP contribution in [0.4, 0.5) is 8.78 Å². The Hall–Kier alpha value is -4.12. The lowest BCUT2D eigenvalue weighted by atomic mass is 10.0. The fourth-order valence-electron chi connectivity index (χ4n) is 4.18. The molecule has 11 heteroatoms. The molecule has 0 radical (unpaired) electrons. The summed E-state index contributed by atoms with van der Waals surface area (Å²) in [7, 11) is 0. The molecule has 1 aromatic heterocycles. The number of rotatable bonds is 8. The molecule has 0 bridgehead atoms. The third kappa shape index (κ3) is 6.18. The molecule has 0 spiro atoms. The molecule has 1 fully saturated rings. The van der Waals surface area contributed by atoms with Crippen molar-refractivity contribution in [3.8, 4) is 0 Å². The predicted molar refractivity (Wildman–Crippen MR) is 130 cm³/mol. The van der Waals surface area contributed by atoms with Crippen LogP contribution in [0.1, 0.15) is 33.3 Å². The minimum atomic E-state index is -1.36. The third-order valence-electron chi connectivity index (χ3n) is 5.95. The Balaban J connectivity index is 1.63. The van der Waals surface area contributed by atoms with E-state index in [1.807, 2.05) is 5.38 Å². The summed E-state index contributed by atoms with van der Waals surface area (Å²) in [6.07, 6.45) is -1.84. The van der Waals surface area contributed by atoms with Crippen LogP contribution in [0.25, 0.3) is 0 Å². The van der Waals surface area contributed by atoms with E-state index >= 15 is 0 Å². The Morgan fingerprint density at radius 3 is 2.16 bits per heavy atom. The second kappa shape index (κ2) is 11.3. The van der Waals surface area contributed by atoms with Crippen LogP contribution >= 0.6 is 11.3 Å². The first-order valence-corrected chi connectivity index (χ1v) is 12.3. The highest BCUT2D eigenvalue weighted by atomic mass is 32.1. The number of carbonyl (C=O) groups excluding carboxylic acids is 3. The highest BCUT2D eigenvalue weighted by molar-refractivity contribution is 7.10. The molecule has 2 aromatic carbocycles. The number of hydrogen-bond acceptors (Lipinski definition) is 5. The Bertz CT molecular complexity index is 1280. The van der Waals surface area contributed by atoms with Crippen molar-refractivity contribution in [2.24, 2.45) is 0 Å². The number of thiophene rings is 1. The number of halogens is 2. The summed E-state index contributed by atoms with van der Waals surface area (Å²) in [6.45, 7) is 0.125. The zero-order valence-electron chi connectivity index (χ0n) is 19.5. The number of carboxylic acids is 1. The predicted octanol–water partition coefficient (Wildman–Crippen LogP) is 3.21. The van der Waals surface area contributed by atoms with E-state index in [1.165, 1.54) is 45.4 Å². The number of aliphatic carboxylic acids is 1. The first kappa shape index (κ1) is 26.0. The molecule has 37 heavy (non-hydrogen) atoms. The standard InChI is InChI=1S/C26H23F2N3O5S/c27-18-7-3-16(4-8-18)21(15-23(33)34)29-24(35)25-30(22(32)14-20-2-1-13-37-20)11-12-31(25)26(36)17-5-9-19(28)10-6-17/h1-10,13,21,25H,11-12,14-15H2,(H,29,35)(H,33,34). The van der Waals surface area contributed by atoms with Crippen LogP contribution in [0.3, 0.4) is 0 Å². The number of nitrogens with one attached hydrogen (secondary N) is 1. The van der Waals surface area contributed by atoms with Crippen molar-refractivity contribution in [2.45, 2.75) is 25.0 Å². The van der Waals surface area contributed by atoms with Crippen molar-refractivity contribution in [3.63, 3.8) is 0 Å². The van der Waals surface area contributed by atoms with Crippen molar-refractivity contribution in [3.05, 3.63) is 93.7 Å². The van der Waals surface area contributed by atoms with Crippen molar-refractivity contribution in [1.29, 1.82) is 0 Å². The summed E-state index contributed by atoms with van der Waals surface area (Å²) in [6, 6.07) is 12.4. The van der Waals surface area contributed by atoms with Gasteiger partial charge in [-0.1, -0.05) is 18.2 Å². The molecule has 2 heterocycles. The average molecular weight is 528 g/mol. The Morgan fingerprint density at radius 2 is 1.57 bits per heavy atom. The zero-order chi connectivity index (χ0) is 26.5. The van der Waals surface area contributed by atoms with E-state index in [2.05, 4.69) is 5.32 Å². The maximum Gasteiger partial charge on any atom is 0.305 e. The second-order valence-electron chi connectivity index (χ2n) is 8.43. The molecule has 2 N–H and O–H groups in total. The van der Waals surface area contributed by atoms with Crippen molar-refractivity contribution in [1.82, 2.24) is 15.1 Å². The monoisotopic (exact) mass is 527 g/mol. The second-order valence-corrected chi connectivity index (χ2v) is 9.47. The van der Waals surface area contributed by atoms with Gasteiger partial charge in [0.15, 0.2) is 6.17 Å². The van der Waals surface area contributed by atoms with Gasteiger partial charge in [-0.15, -0.1) is 11.3 Å². The SMILES string of the molecule is O=C(O)CC(NC(=O)C1N(C(=O)Cc2cccs2)CCN1C(=O)c1ccc(F)cc1)c1ccc(F)cc1. The lowest BCUT2D eigenvalue weighted by Gasteiger charge is -2.31. The largest absolute Gasteiger partial charge is 0.481 e. The molecular formula is C26H23F2N3O5S. The fourth-order valence-corrected chi connectivity index (χ4v) is 4.87. The van der Waals surface area contributed by atoms with Gasteiger partial charge in [0.25, 0.3) is 11.8 Å². The van der Waals surface area contributed by atoms with Crippen LogP contribution in [0.2, 0.25) is 0 Å². The molecule has 2 unspecified atom stereocenters. The average Bonchev–Trinajstić information content (AvgIpc) is 3.54. The van der Waals surface area contributed by atoms with Crippen LogP contribution in [-0.4, -0.2) is 57.9 Å². The highest BCUT2D eigenvalue weighted by Gasteiger charge is 2.43. The van der Waals surface area contributed by atoms with Gasteiger partial charge in [-0.25, -0.2) is 8.78 Å². The molecule has 4 rings (SSSR count). The lowest BCUT2D eigenvalue weighted by Crippen LogP contribution is -2.54. The third-order valence-corrected chi connectivity index (χ3v) is 6.83. The molecule has 0 aliphatic carbocycles. The number of carbonyl (C=O) groups is 4. The maximum absolute atomic E-state index is 13.6. The molecule has 2 atom stereocenters. The van der Waals surface area contributed by atoms with Gasteiger partial charge in [0, 0.05) is 23.5 Å². The molecule has 192 valence electrons. The van der Waals surface area contributed by atoms with E-state index in [-0.39, 0.29) is 31.0 Å². The Kier molecular flexibility index (Phi) is 7.92. The van der Waals surface area contributed by atoms with Gasteiger partial charge in [-0.05, 0) is 53.4 Å². The summed E-state index contributed by atoms with van der Waals surface area (Å²) in [5.41, 5.74) is 0.482.